The fourth-order valence-electron chi connectivity index (χ4n) is 3.16. The lowest BCUT2D eigenvalue weighted by molar-refractivity contribution is -0.122. The van der Waals surface area contributed by atoms with E-state index >= 15 is 0 Å². The van der Waals surface area contributed by atoms with Gasteiger partial charge in [-0.1, -0.05) is 0 Å². The van der Waals surface area contributed by atoms with Crippen LogP contribution in [0.3, 0.4) is 0 Å². The Morgan fingerprint density at radius 1 is 1.27 bits per heavy atom. The molecule has 0 unspecified atom stereocenters. The van der Waals surface area contributed by atoms with E-state index in [1.54, 1.807) is 22.9 Å². The first kappa shape index (κ1) is 16.7. The zero-order valence-corrected chi connectivity index (χ0v) is 15.0. The second-order valence-corrected chi connectivity index (χ2v) is 7.14. The van der Waals surface area contributed by atoms with Crippen LogP contribution in [0.1, 0.15) is 6.42 Å². The molecule has 2 heterocycles. The lowest BCUT2D eigenvalue weighted by atomic mass is 10.1. The van der Waals surface area contributed by atoms with Gasteiger partial charge in [0.25, 0.3) is 0 Å². The number of rotatable bonds is 4. The number of hydrogen-bond acceptors (Lipinski definition) is 4. The van der Waals surface area contributed by atoms with Crippen molar-refractivity contribution in [3.05, 3.63) is 48.7 Å². The van der Waals surface area contributed by atoms with Crippen LogP contribution in [0.5, 0.6) is 0 Å². The highest BCUT2D eigenvalue weighted by Crippen LogP contribution is 2.28. The zero-order valence-electron chi connectivity index (χ0n) is 14.2. The predicted molar refractivity (Wildman–Crippen MR) is 103 cm³/mol. The summed E-state index contributed by atoms with van der Waals surface area (Å²) in [5.74, 6) is -0.514. The molecule has 26 heavy (non-hydrogen) atoms. The molecule has 2 aromatic carbocycles. The number of benzene rings is 2. The lowest BCUT2D eigenvalue weighted by Gasteiger charge is -2.17. The molecular weight excluding hydrogens is 348 g/mol. The van der Waals surface area contributed by atoms with Gasteiger partial charge in [0, 0.05) is 34.6 Å². The zero-order chi connectivity index (χ0) is 18.1. The van der Waals surface area contributed by atoms with E-state index in [9.17, 15) is 9.59 Å². The topological polar surface area (TPSA) is 78.1 Å². The minimum atomic E-state index is -0.359. The minimum Gasteiger partial charge on any atom is -0.326 e. The maximum atomic E-state index is 12.6. The Bertz CT molecular complexity index is 967. The smallest absolute Gasteiger partial charge is 0.229 e. The molecule has 0 radical (unpaired) electrons. The van der Waals surface area contributed by atoms with Gasteiger partial charge in [-0.3, -0.25) is 14.7 Å². The number of carbonyl (C=O) groups excluding carboxylic acids is 2. The molecule has 1 fully saturated rings. The third kappa shape index (κ3) is 3.17. The maximum Gasteiger partial charge on any atom is 0.229 e. The molecule has 3 aromatic rings. The summed E-state index contributed by atoms with van der Waals surface area (Å²) in [5, 5.41) is 10.7. The van der Waals surface area contributed by atoms with Crippen molar-refractivity contribution in [1.29, 1.82) is 0 Å². The first-order chi connectivity index (χ1) is 12.6. The molecule has 6 nitrogen and oxygen atoms in total. The normalized spacial score (nSPS) is 17.0. The number of amides is 2. The molecule has 1 aliphatic heterocycles. The number of nitrogens with zero attached hydrogens (tertiary/aromatic N) is 2. The summed E-state index contributed by atoms with van der Waals surface area (Å²) < 4.78 is 0. The van der Waals surface area contributed by atoms with E-state index in [-0.39, 0.29) is 24.2 Å². The highest BCUT2D eigenvalue weighted by Gasteiger charge is 2.35. The molecule has 0 aliphatic carbocycles. The molecule has 2 amide bonds. The number of aromatic amines is 1. The van der Waals surface area contributed by atoms with Gasteiger partial charge in [-0.2, -0.15) is 5.10 Å². The summed E-state index contributed by atoms with van der Waals surface area (Å²) in [6, 6.07) is 13.4. The maximum absolute atomic E-state index is 12.6. The highest BCUT2D eigenvalue weighted by molar-refractivity contribution is 7.98. The number of hydrogen-bond donors (Lipinski definition) is 2. The van der Waals surface area contributed by atoms with E-state index in [2.05, 4.69) is 15.5 Å². The molecule has 1 aromatic heterocycles. The van der Waals surface area contributed by atoms with Crippen LogP contribution in [0.2, 0.25) is 0 Å². The van der Waals surface area contributed by atoms with Gasteiger partial charge in [0.05, 0.1) is 17.6 Å². The Hall–Kier alpha value is -2.80. The average molecular weight is 366 g/mol. The number of aromatic nitrogens is 2. The molecule has 0 bridgehead atoms. The van der Waals surface area contributed by atoms with Crippen LogP contribution in [0.25, 0.3) is 10.9 Å². The third-order valence-electron chi connectivity index (χ3n) is 4.59. The minimum absolute atomic E-state index is 0.0210. The molecule has 4 rings (SSSR count). The molecule has 0 spiro atoms. The Morgan fingerprint density at radius 3 is 2.85 bits per heavy atom. The van der Waals surface area contributed by atoms with Crippen molar-refractivity contribution >= 4 is 45.9 Å². The van der Waals surface area contributed by atoms with Crippen LogP contribution in [0.15, 0.2) is 53.6 Å². The number of thioether (sulfide) groups is 1. The molecule has 7 heteroatoms. The van der Waals surface area contributed by atoms with Crippen LogP contribution in [-0.4, -0.2) is 34.8 Å². The summed E-state index contributed by atoms with van der Waals surface area (Å²) in [5.41, 5.74) is 2.46. The molecule has 0 saturated carbocycles. The average Bonchev–Trinajstić information content (AvgIpc) is 3.28. The fourth-order valence-corrected chi connectivity index (χ4v) is 3.57. The van der Waals surface area contributed by atoms with Crippen molar-refractivity contribution in [2.24, 2.45) is 5.92 Å². The summed E-state index contributed by atoms with van der Waals surface area (Å²) in [6.07, 6.45) is 3.95. The molecule has 132 valence electrons. The van der Waals surface area contributed by atoms with Gasteiger partial charge < -0.3 is 10.2 Å². The Labute approximate surface area is 155 Å². The largest absolute Gasteiger partial charge is 0.326 e. The quantitative estimate of drug-likeness (QED) is 0.695. The second kappa shape index (κ2) is 6.84. The first-order valence-electron chi connectivity index (χ1n) is 8.32. The molecule has 1 saturated heterocycles. The van der Waals surface area contributed by atoms with Gasteiger partial charge in [0.15, 0.2) is 0 Å². The monoisotopic (exact) mass is 366 g/mol. The van der Waals surface area contributed by atoms with E-state index in [1.165, 1.54) is 0 Å². The molecule has 1 atom stereocenters. The molecule has 2 N–H and O–H groups in total. The van der Waals surface area contributed by atoms with Crippen LogP contribution >= 0.6 is 11.8 Å². The van der Waals surface area contributed by atoms with Crippen LogP contribution in [0, 0.1) is 5.92 Å². The van der Waals surface area contributed by atoms with Crippen molar-refractivity contribution in [1.82, 2.24) is 10.2 Å². The number of anilines is 2. The van der Waals surface area contributed by atoms with Crippen molar-refractivity contribution in [3.8, 4) is 0 Å². The van der Waals surface area contributed by atoms with E-state index in [0.29, 0.717) is 12.2 Å². The van der Waals surface area contributed by atoms with E-state index in [0.717, 1.165) is 21.5 Å². The Morgan fingerprint density at radius 2 is 2.08 bits per heavy atom. The van der Waals surface area contributed by atoms with Gasteiger partial charge in [-0.05, 0) is 48.7 Å². The van der Waals surface area contributed by atoms with Crippen molar-refractivity contribution in [3.63, 3.8) is 0 Å². The summed E-state index contributed by atoms with van der Waals surface area (Å²) in [4.78, 5) is 27.8. The number of fused-ring (bicyclic) bond motifs is 1. The lowest BCUT2D eigenvalue weighted by Crippen LogP contribution is -2.28. The Balaban J connectivity index is 1.45. The van der Waals surface area contributed by atoms with Gasteiger partial charge in [-0.25, -0.2) is 0 Å². The summed E-state index contributed by atoms with van der Waals surface area (Å²) in [6.45, 7) is 0.400. The number of carbonyl (C=O) groups is 2. The van der Waals surface area contributed by atoms with E-state index in [1.807, 2.05) is 48.7 Å². The van der Waals surface area contributed by atoms with Crippen LogP contribution in [-0.2, 0) is 9.59 Å². The SMILES string of the molecule is CSc1ccc(N2C[C@@H](C(=O)Nc3ccc4[nH]ncc4c3)CC2=O)cc1. The first-order valence-corrected chi connectivity index (χ1v) is 9.55. The predicted octanol–water partition coefficient (Wildman–Crippen LogP) is 3.28. The fraction of sp³-hybridized carbons (Fsp3) is 0.211. The number of H-pyrrole nitrogens is 1. The third-order valence-corrected chi connectivity index (χ3v) is 5.33. The van der Waals surface area contributed by atoms with Gasteiger partial charge in [0.1, 0.15) is 0 Å². The van der Waals surface area contributed by atoms with Gasteiger partial charge in [0.2, 0.25) is 11.8 Å². The summed E-state index contributed by atoms with van der Waals surface area (Å²) >= 11 is 1.65. The van der Waals surface area contributed by atoms with Crippen molar-refractivity contribution in [2.75, 3.05) is 23.0 Å². The van der Waals surface area contributed by atoms with Crippen molar-refractivity contribution in [2.45, 2.75) is 11.3 Å². The molecule has 1 aliphatic rings. The second-order valence-electron chi connectivity index (χ2n) is 6.26. The van der Waals surface area contributed by atoms with E-state index in [4.69, 9.17) is 0 Å². The molecular formula is C19H18N4O2S. The highest BCUT2D eigenvalue weighted by atomic mass is 32.2. The van der Waals surface area contributed by atoms with Gasteiger partial charge in [-0.15, -0.1) is 11.8 Å². The standard InChI is InChI=1S/C19H18N4O2S/c1-26-16-5-3-15(4-6-16)23-11-13(9-18(23)24)19(25)21-14-2-7-17-12(8-14)10-20-22-17/h2-8,10,13H,9,11H2,1H3,(H,20,22)(H,21,25)/t13-/m0/s1. The Kier molecular flexibility index (Phi) is 4.38. The van der Waals surface area contributed by atoms with E-state index < -0.39 is 0 Å². The van der Waals surface area contributed by atoms with Gasteiger partial charge >= 0.3 is 0 Å². The summed E-state index contributed by atoms with van der Waals surface area (Å²) in [7, 11) is 0. The number of nitrogens with one attached hydrogen (secondary N) is 2. The van der Waals surface area contributed by atoms with Crippen LogP contribution < -0.4 is 10.2 Å². The van der Waals surface area contributed by atoms with Crippen LogP contribution in [0.4, 0.5) is 11.4 Å². The van der Waals surface area contributed by atoms with Crippen molar-refractivity contribution < 1.29 is 9.59 Å².